The highest BCUT2D eigenvalue weighted by Gasteiger charge is 2.05. The fourth-order valence-electron chi connectivity index (χ4n) is 1.41. The first kappa shape index (κ1) is 12.1. The summed E-state index contributed by atoms with van der Waals surface area (Å²) >= 11 is 3.35. The number of benzene rings is 1. The first-order chi connectivity index (χ1) is 8.19. The van der Waals surface area contributed by atoms with E-state index in [0.717, 1.165) is 15.7 Å². The standard InChI is InChI=1S/C13H12BrNO2/c1-9-2-4-12(7-15-9)17-13-5-3-11(14)6-10(13)8-16/h2-7,16H,8H2,1H3. The molecule has 17 heavy (non-hydrogen) atoms. The van der Waals surface area contributed by atoms with Crippen LogP contribution < -0.4 is 4.74 Å². The molecular formula is C13H12BrNO2. The van der Waals surface area contributed by atoms with E-state index >= 15 is 0 Å². The molecule has 1 aromatic heterocycles. The Labute approximate surface area is 108 Å². The van der Waals surface area contributed by atoms with Crippen molar-refractivity contribution in [1.29, 1.82) is 0 Å². The van der Waals surface area contributed by atoms with Crippen molar-refractivity contribution >= 4 is 15.9 Å². The molecule has 0 saturated carbocycles. The minimum atomic E-state index is -0.0614. The normalized spacial score (nSPS) is 10.3. The van der Waals surface area contributed by atoms with Crippen molar-refractivity contribution < 1.29 is 9.84 Å². The number of ether oxygens (including phenoxy) is 1. The van der Waals surface area contributed by atoms with Gasteiger partial charge in [-0.1, -0.05) is 15.9 Å². The molecule has 2 rings (SSSR count). The number of hydrogen-bond acceptors (Lipinski definition) is 3. The molecule has 3 nitrogen and oxygen atoms in total. The molecule has 88 valence electrons. The lowest BCUT2D eigenvalue weighted by molar-refractivity contribution is 0.276. The predicted molar refractivity (Wildman–Crippen MR) is 69.1 cm³/mol. The summed E-state index contributed by atoms with van der Waals surface area (Å²) in [7, 11) is 0. The molecule has 0 aliphatic rings. The summed E-state index contributed by atoms with van der Waals surface area (Å²) in [4.78, 5) is 4.15. The summed E-state index contributed by atoms with van der Waals surface area (Å²) in [6, 6.07) is 9.25. The van der Waals surface area contributed by atoms with E-state index in [2.05, 4.69) is 20.9 Å². The fraction of sp³-hybridized carbons (Fsp3) is 0.154. The molecule has 0 aliphatic heterocycles. The van der Waals surface area contributed by atoms with Crippen molar-refractivity contribution in [3.05, 3.63) is 52.3 Å². The molecule has 1 aromatic carbocycles. The van der Waals surface area contributed by atoms with E-state index in [1.807, 2.05) is 37.3 Å². The van der Waals surface area contributed by atoms with Crippen LogP contribution in [0.2, 0.25) is 0 Å². The highest BCUT2D eigenvalue weighted by Crippen LogP contribution is 2.27. The molecule has 0 aliphatic carbocycles. The topological polar surface area (TPSA) is 42.4 Å². The summed E-state index contributed by atoms with van der Waals surface area (Å²) in [5, 5.41) is 9.25. The van der Waals surface area contributed by atoms with Gasteiger partial charge < -0.3 is 9.84 Å². The molecule has 0 radical (unpaired) electrons. The molecule has 0 unspecified atom stereocenters. The number of halogens is 1. The number of aryl methyl sites for hydroxylation is 1. The van der Waals surface area contributed by atoms with Gasteiger partial charge in [0.05, 0.1) is 12.8 Å². The lowest BCUT2D eigenvalue weighted by Gasteiger charge is -2.09. The smallest absolute Gasteiger partial charge is 0.145 e. The molecular weight excluding hydrogens is 282 g/mol. The molecule has 1 N–H and O–H groups in total. The van der Waals surface area contributed by atoms with E-state index in [4.69, 9.17) is 4.74 Å². The van der Waals surface area contributed by atoms with Gasteiger partial charge in [-0.3, -0.25) is 4.98 Å². The van der Waals surface area contributed by atoms with Crippen LogP contribution in [-0.2, 0) is 6.61 Å². The van der Waals surface area contributed by atoms with Crippen LogP contribution in [0, 0.1) is 6.92 Å². The maximum atomic E-state index is 9.25. The summed E-state index contributed by atoms with van der Waals surface area (Å²) in [6.07, 6.45) is 1.67. The number of nitrogens with zero attached hydrogens (tertiary/aromatic N) is 1. The highest BCUT2D eigenvalue weighted by molar-refractivity contribution is 9.10. The van der Waals surface area contributed by atoms with Crippen LogP contribution in [0.25, 0.3) is 0 Å². The lowest BCUT2D eigenvalue weighted by atomic mass is 10.2. The third-order valence-corrected chi connectivity index (χ3v) is 2.80. The zero-order chi connectivity index (χ0) is 12.3. The fourth-order valence-corrected chi connectivity index (χ4v) is 1.82. The Balaban J connectivity index is 2.26. The van der Waals surface area contributed by atoms with Gasteiger partial charge in [-0.25, -0.2) is 0 Å². The number of rotatable bonds is 3. The van der Waals surface area contributed by atoms with Crippen LogP contribution in [0.4, 0.5) is 0 Å². The molecule has 2 aromatic rings. The van der Waals surface area contributed by atoms with Crippen molar-refractivity contribution in [2.45, 2.75) is 13.5 Å². The van der Waals surface area contributed by atoms with Gasteiger partial charge in [0.25, 0.3) is 0 Å². The largest absolute Gasteiger partial charge is 0.455 e. The Kier molecular flexibility index (Phi) is 3.76. The van der Waals surface area contributed by atoms with Gasteiger partial charge in [0.15, 0.2) is 0 Å². The number of aliphatic hydroxyl groups is 1. The molecule has 0 amide bonds. The van der Waals surface area contributed by atoms with Crippen LogP contribution >= 0.6 is 15.9 Å². The Hall–Kier alpha value is -1.39. The van der Waals surface area contributed by atoms with E-state index in [9.17, 15) is 5.11 Å². The Bertz CT molecular complexity index is 511. The molecule has 0 bridgehead atoms. The Morgan fingerprint density at radius 1 is 1.29 bits per heavy atom. The first-order valence-electron chi connectivity index (χ1n) is 5.19. The number of aliphatic hydroxyl groups excluding tert-OH is 1. The monoisotopic (exact) mass is 293 g/mol. The van der Waals surface area contributed by atoms with E-state index in [-0.39, 0.29) is 6.61 Å². The third-order valence-electron chi connectivity index (χ3n) is 2.30. The minimum absolute atomic E-state index is 0.0614. The summed E-state index contributed by atoms with van der Waals surface area (Å²) in [5.41, 5.74) is 1.68. The van der Waals surface area contributed by atoms with Crippen LogP contribution in [-0.4, -0.2) is 10.1 Å². The van der Waals surface area contributed by atoms with Crippen LogP contribution in [0.15, 0.2) is 41.0 Å². The maximum Gasteiger partial charge on any atom is 0.145 e. The van der Waals surface area contributed by atoms with Gasteiger partial charge in [-0.05, 0) is 37.3 Å². The van der Waals surface area contributed by atoms with Crippen LogP contribution in [0.3, 0.4) is 0 Å². The van der Waals surface area contributed by atoms with E-state index in [1.54, 1.807) is 6.20 Å². The Morgan fingerprint density at radius 3 is 2.76 bits per heavy atom. The van der Waals surface area contributed by atoms with Crippen LogP contribution in [0.1, 0.15) is 11.3 Å². The van der Waals surface area contributed by atoms with E-state index in [1.165, 1.54) is 0 Å². The molecule has 0 saturated heterocycles. The minimum Gasteiger partial charge on any atom is -0.455 e. The molecule has 0 fully saturated rings. The second-order valence-electron chi connectivity index (χ2n) is 3.65. The van der Waals surface area contributed by atoms with E-state index in [0.29, 0.717) is 11.5 Å². The van der Waals surface area contributed by atoms with E-state index < -0.39 is 0 Å². The summed E-state index contributed by atoms with van der Waals surface area (Å²) < 4.78 is 6.58. The molecule has 0 atom stereocenters. The average molecular weight is 294 g/mol. The van der Waals surface area contributed by atoms with Gasteiger partial charge in [0, 0.05) is 15.7 Å². The predicted octanol–water partition coefficient (Wildman–Crippen LogP) is 3.44. The zero-order valence-corrected chi connectivity index (χ0v) is 10.9. The van der Waals surface area contributed by atoms with Crippen molar-refractivity contribution in [3.63, 3.8) is 0 Å². The van der Waals surface area contributed by atoms with Crippen molar-refractivity contribution in [3.8, 4) is 11.5 Å². The molecule has 1 heterocycles. The SMILES string of the molecule is Cc1ccc(Oc2ccc(Br)cc2CO)cn1. The van der Waals surface area contributed by atoms with Gasteiger partial charge in [0.2, 0.25) is 0 Å². The lowest BCUT2D eigenvalue weighted by Crippen LogP contribution is -1.92. The van der Waals surface area contributed by atoms with Gasteiger partial charge in [0.1, 0.15) is 11.5 Å². The highest BCUT2D eigenvalue weighted by atomic mass is 79.9. The third kappa shape index (κ3) is 3.05. The van der Waals surface area contributed by atoms with Gasteiger partial charge in [-0.15, -0.1) is 0 Å². The molecule has 4 heteroatoms. The second kappa shape index (κ2) is 5.29. The van der Waals surface area contributed by atoms with Crippen molar-refractivity contribution in [2.75, 3.05) is 0 Å². The number of aromatic nitrogens is 1. The van der Waals surface area contributed by atoms with Crippen molar-refractivity contribution in [1.82, 2.24) is 4.98 Å². The summed E-state index contributed by atoms with van der Waals surface area (Å²) in [6.45, 7) is 1.86. The molecule has 0 spiro atoms. The van der Waals surface area contributed by atoms with Crippen molar-refractivity contribution in [2.24, 2.45) is 0 Å². The number of hydrogen-bond donors (Lipinski definition) is 1. The maximum absolute atomic E-state index is 9.25. The summed E-state index contributed by atoms with van der Waals surface area (Å²) in [5.74, 6) is 1.30. The zero-order valence-electron chi connectivity index (χ0n) is 9.35. The second-order valence-corrected chi connectivity index (χ2v) is 4.56. The van der Waals surface area contributed by atoms with Gasteiger partial charge >= 0.3 is 0 Å². The van der Waals surface area contributed by atoms with Crippen LogP contribution in [0.5, 0.6) is 11.5 Å². The average Bonchev–Trinajstić information content (AvgIpc) is 2.34. The Morgan fingerprint density at radius 2 is 2.12 bits per heavy atom. The number of pyridine rings is 1. The van der Waals surface area contributed by atoms with Gasteiger partial charge in [-0.2, -0.15) is 0 Å². The quantitative estimate of drug-likeness (QED) is 0.943. The first-order valence-corrected chi connectivity index (χ1v) is 5.98.